The Bertz CT molecular complexity index is 338. The van der Waals surface area contributed by atoms with Crippen molar-refractivity contribution in [3.63, 3.8) is 0 Å². The molecule has 1 aliphatic heterocycles. The van der Waals surface area contributed by atoms with Crippen molar-refractivity contribution in [3.8, 4) is 0 Å². The Labute approximate surface area is 113 Å². The molecule has 1 N–H and O–H groups in total. The number of likely N-dealkylation sites (tertiary alicyclic amines) is 1. The summed E-state index contributed by atoms with van der Waals surface area (Å²) >= 11 is 0. The number of hydrogen-bond acceptors (Lipinski definition) is 3. The smallest absolute Gasteiger partial charge is 0.305 e. The highest BCUT2D eigenvalue weighted by Crippen LogP contribution is 2.30. The molecule has 19 heavy (non-hydrogen) atoms. The number of carbonyl (C=O) groups excluding carboxylic acids is 1. The van der Waals surface area contributed by atoms with Gasteiger partial charge in [0.1, 0.15) is 0 Å². The fraction of sp³-hybridized carbons (Fsp3) is 0.857. The Hall–Kier alpha value is -1.10. The molecule has 0 aromatic rings. The summed E-state index contributed by atoms with van der Waals surface area (Å²) in [5.41, 5.74) is 0. The molecule has 2 atom stereocenters. The van der Waals surface area contributed by atoms with Crippen LogP contribution in [0.4, 0.5) is 0 Å². The van der Waals surface area contributed by atoms with Crippen molar-refractivity contribution in [1.82, 2.24) is 4.90 Å². The minimum atomic E-state index is -0.847. The first kappa shape index (κ1) is 14.3. The van der Waals surface area contributed by atoms with Gasteiger partial charge in [0.2, 0.25) is 5.91 Å². The molecule has 0 radical (unpaired) electrons. The molecule has 1 heterocycles. The van der Waals surface area contributed by atoms with E-state index in [0.29, 0.717) is 25.3 Å². The van der Waals surface area contributed by atoms with E-state index in [1.54, 1.807) is 12.0 Å². The van der Waals surface area contributed by atoms with E-state index in [9.17, 15) is 9.59 Å². The largest absolute Gasteiger partial charge is 0.481 e. The Morgan fingerprint density at radius 3 is 2.53 bits per heavy atom. The summed E-state index contributed by atoms with van der Waals surface area (Å²) in [5, 5.41) is 8.94. The number of nitrogens with zero attached hydrogens (tertiary/aromatic N) is 1. The summed E-state index contributed by atoms with van der Waals surface area (Å²) in [6.45, 7) is 0.542. The zero-order valence-corrected chi connectivity index (χ0v) is 11.5. The molecule has 1 aliphatic carbocycles. The molecule has 0 spiro atoms. The Morgan fingerprint density at radius 1 is 1.26 bits per heavy atom. The number of ether oxygens (including phenoxy) is 1. The van der Waals surface area contributed by atoms with Gasteiger partial charge in [-0.2, -0.15) is 0 Å². The number of methoxy groups -OCH3 is 1. The predicted octanol–water partition coefficient (Wildman–Crippen LogP) is 1.66. The second kappa shape index (κ2) is 6.37. The molecule has 2 fully saturated rings. The van der Waals surface area contributed by atoms with Crippen LogP contribution >= 0.6 is 0 Å². The van der Waals surface area contributed by atoms with Gasteiger partial charge in [0.05, 0.1) is 12.5 Å². The number of carboxylic acid groups (broad SMARTS) is 1. The van der Waals surface area contributed by atoms with E-state index in [0.717, 1.165) is 12.8 Å². The first-order chi connectivity index (χ1) is 9.10. The summed E-state index contributed by atoms with van der Waals surface area (Å²) in [7, 11) is 1.62. The van der Waals surface area contributed by atoms with Gasteiger partial charge in [0, 0.05) is 26.1 Å². The van der Waals surface area contributed by atoms with Crippen LogP contribution in [0, 0.1) is 5.92 Å². The molecule has 108 valence electrons. The fourth-order valence-electron chi connectivity index (χ4n) is 3.32. The zero-order valence-electron chi connectivity index (χ0n) is 11.5. The van der Waals surface area contributed by atoms with Gasteiger partial charge >= 0.3 is 5.97 Å². The molecule has 5 heteroatoms. The highest BCUT2D eigenvalue weighted by atomic mass is 16.5. The van der Waals surface area contributed by atoms with Crippen molar-refractivity contribution < 1.29 is 19.4 Å². The molecule has 2 aliphatic rings. The fourth-order valence-corrected chi connectivity index (χ4v) is 3.32. The van der Waals surface area contributed by atoms with E-state index in [-0.39, 0.29) is 24.5 Å². The van der Waals surface area contributed by atoms with Gasteiger partial charge in [0.25, 0.3) is 0 Å². The van der Waals surface area contributed by atoms with E-state index in [1.807, 2.05) is 0 Å². The summed E-state index contributed by atoms with van der Waals surface area (Å²) in [5.74, 6) is -0.238. The number of rotatable bonds is 5. The van der Waals surface area contributed by atoms with E-state index >= 15 is 0 Å². The predicted molar refractivity (Wildman–Crippen MR) is 69.7 cm³/mol. The lowest BCUT2D eigenvalue weighted by atomic mass is 10.0. The van der Waals surface area contributed by atoms with Crippen LogP contribution in [0.1, 0.15) is 44.9 Å². The maximum atomic E-state index is 12.3. The molecule has 1 saturated carbocycles. The van der Waals surface area contributed by atoms with Crippen molar-refractivity contribution in [2.75, 3.05) is 13.7 Å². The van der Waals surface area contributed by atoms with Crippen molar-refractivity contribution in [2.24, 2.45) is 5.92 Å². The lowest BCUT2D eigenvalue weighted by Crippen LogP contribution is -2.38. The van der Waals surface area contributed by atoms with E-state index < -0.39 is 5.97 Å². The molecule has 0 aromatic carbocycles. The second-order valence-electron chi connectivity index (χ2n) is 5.75. The number of carboxylic acids is 1. The van der Waals surface area contributed by atoms with Crippen LogP contribution in [0.25, 0.3) is 0 Å². The highest BCUT2D eigenvalue weighted by molar-refractivity contribution is 5.78. The Kier molecular flexibility index (Phi) is 4.80. The first-order valence-electron chi connectivity index (χ1n) is 7.14. The molecule has 2 rings (SSSR count). The van der Waals surface area contributed by atoms with Gasteiger partial charge in [-0.05, 0) is 25.2 Å². The molecular weight excluding hydrogens is 246 g/mol. The number of amides is 1. The first-order valence-corrected chi connectivity index (χ1v) is 7.14. The molecule has 0 aromatic heterocycles. The Morgan fingerprint density at radius 2 is 1.95 bits per heavy atom. The van der Waals surface area contributed by atoms with Crippen molar-refractivity contribution >= 4 is 11.9 Å². The van der Waals surface area contributed by atoms with Crippen LogP contribution in [0.5, 0.6) is 0 Å². The van der Waals surface area contributed by atoms with E-state index in [2.05, 4.69) is 0 Å². The van der Waals surface area contributed by atoms with Crippen molar-refractivity contribution in [3.05, 3.63) is 0 Å². The van der Waals surface area contributed by atoms with E-state index in [4.69, 9.17) is 9.84 Å². The normalized spacial score (nSPS) is 27.9. The van der Waals surface area contributed by atoms with Crippen LogP contribution in [-0.4, -0.2) is 47.7 Å². The Balaban J connectivity index is 1.93. The van der Waals surface area contributed by atoms with Gasteiger partial charge in [0.15, 0.2) is 0 Å². The van der Waals surface area contributed by atoms with Crippen LogP contribution in [-0.2, 0) is 14.3 Å². The summed E-state index contributed by atoms with van der Waals surface area (Å²) in [6.07, 6.45) is 5.93. The van der Waals surface area contributed by atoms with Gasteiger partial charge in [-0.1, -0.05) is 12.8 Å². The summed E-state index contributed by atoms with van der Waals surface area (Å²) in [4.78, 5) is 25.0. The number of carbonyl (C=O) groups is 2. The maximum absolute atomic E-state index is 12.3. The lowest BCUT2D eigenvalue weighted by Gasteiger charge is -2.24. The second-order valence-corrected chi connectivity index (χ2v) is 5.75. The minimum Gasteiger partial charge on any atom is -0.481 e. The topological polar surface area (TPSA) is 66.8 Å². The maximum Gasteiger partial charge on any atom is 0.305 e. The van der Waals surface area contributed by atoms with Gasteiger partial charge < -0.3 is 14.7 Å². The van der Waals surface area contributed by atoms with Crippen LogP contribution in [0.2, 0.25) is 0 Å². The molecule has 2 unspecified atom stereocenters. The van der Waals surface area contributed by atoms with E-state index in [1.165, 1.54) is 12.8 Å². The number of hydrogen-bond donors (Lipinski definition) is 1. The zero-order chi connectivity index (χ0) is 13.8. The van der Waals surface area contributed by atoms with Crippen LogP contribution in [0.15, 0.2) is 0 Å². The quantitative estimate of drug-likeness (QED) is 0.824. The van der Waals surface area contributed by atoms with Gasteiger partial charge in [-0.3, -0.25) is 9.59 Å². The summed E-state index contributed by atoms with van der Waals surface area (Å²) < 4.78 is 5.29. The monoisotopic (exact) mass is 269 g/mol. The van der Waals surface area contributed by atoms with Gasteiger partial charge in [-0.25, -0.2) is 0 Å². The third kappa shape index (κ3) is 3.69. The average Bonchev–Trinajstić information content (AvgIpc) is 2.97. The highest BCUT2D eigenvalue weighted by Gasteiger charge is 2.37. The molecule has 1 saturated heterocycles. The van der Waals surface area contributed by atoms with Crippen LogP contribution in [0.3, 0.4) is 0 Å². The third-order valence-electron chi connectivity index (χ3n) is 4.38. The average molecular weight is 269 g/mol. The summed E-state index contributed by atoms with van der Waals surface area (Å²) in [6, 6.07) is -0.198. The molecular formula is C14H23NO4. The third-order valence-corrected chi connectivity index (χ3v) is 4.38. The lowest BCUT2D eigenvalue weighted by molar-refractivity contribution is -0.140. The molecule has 1 amide bonds. The SMILES string of the molecule is COC1CC(CC(=O)O)N(C(=O)CC2CCCC2)C1. The molecule has 0 bridgehead atoms. The van der Waals surface area contributed by atoms with Crippen LogP contribution < -0.4 is 0 Å². The van der Waals surface area contributed by atoms with Gasteiger partial charge in [-0.15, -0.1) is 0 Å². The minimum absolute atomic E-state index is 0.0168. The van der Waals surface area contributed by atoms with Crippen molar-refractivity contribution in [1.29, 1.82) is 0 Å². The molecule has 5 nitrogen and oxygen atoms in total. The van der Waals surface area contributed by atoms with Crippen molar-refractivity contribution in [2.45, 2.75) is 57.1 Å². The standard InChI is InChI=1S/C14H23NO4/c1-19-12-7-11(8-14(17)18)15(9-12)13(16)6-10-4-2-3-5-10/h10-12H,2-9H2,1H3,(H,17,18). The number of aliphatic carboxylic acids is 1.